The molecule has 7 heteroatoms. The van der Waals surface area contributed by atoms with E-state index in [0.29, 0.717) is 31.2 Å². The van der Waals surface area contributed by atoms with Crippen LogP contribution in [-0.4, -0.2) is 38.8 Å². The van der Waals surface area contributed by atoms with Gasteiger partial charge in [-0.1, -0.05) is 73.5 Å². The zero-order chi connectivity index (χ0) is 28.4. The number of aromatic amines is 1. The first-order chi connectivity index (χ1) is 20.8. The summed E-state index contributed by atoms with van der Waals surface area (Å²) >= 11 is 0. The van der Waals surface area contributed by atoms with E-state index in [1.807, 2.05) is 23.0 Å². The number of H-pyrrole nitrogens is 1. The summed E-state index contributed by atoms with van der Waals surface area (Å²) in [5, 5.41) is 11.9. The molecule has 1 aliphatic heterocycles. The lowest BCUT2D eigenvalue weighted by Crippen LogP contribution is -2.20. The van der Waals surface area contributed by atoms with Crippen molar-refractivity contribution in [3.8, 4) is 0 Å². The first-order valence-electron chi connectivity index (χ1n) is 15.8. The Morgan fingerprint density at radius 3 is 2.00 bits per heavy atom. The van der Waals surface area contributed by atoms with E-state index in [1.54, 1.807) is 0 Å². The number of aromatic nitrogens is 4. The molecule has 2 aromatic carbocycles. The maximum atomic E-state index is 6.23. The minimum absolute atomic E-state index is 0.123. The fourth-order valence-electron chi connectivity index (χ4n) is 6.62. The number of ether oxygens (including phenoxy) is 3. The minimum Gasteiger partial charge on any atom is -0.373 e. The molecular formula is C35H44N4O3. The second-order valence-electron chi connectivity index (χ2n) is 11.8. The quantitative estimate of drug-likeness (QED) is 0.224. The number of rotatable bonds is 9. The molecule has 4 aromatic rings. The van der Waals surface area contributed by atoms with Crippen LogP contribution in [-0.2, 0) is 27.4 Å². The normalized spacial score (nSPS) is 25.7. The summed E-state index contributed by atoms with van der Waals surface area (Å²) in [5.74, 6) is 0.898. The van der Waals surface area contributed by atoms with E-state index in [4.69, 9.17) is 19.3 Å². The van der Waals surface area contributed by atoms with Crippen LogP contribution in [0.15, 0.2) is 85.2 Å². The van der Waals surface area contributed by atoms with Gasteiger partial charge in [-0.25, -0.2) is 4.68 Å². The maximum absolute atomic E-state index is 6.23. The van der Waals surface area contributed by atoms with Gasteiger partial charge in [0.05, 0.1) is 31.1 Å². The number of hydrogen-bond acceptors (Lipinski definition) is 5. The molecule has 0 radical (unpaired) electrons. The van der Waals surface area contributed by atoms with Crippen molar-refractivity contribution in [3.63, 3.8) is 0 Å². The molecule has 0 bridgehead atoms. The maximum Gasteiger partial charge on any atom is 0.150 e. The van der Waals surface area contributed by atoms with Gasteiger partial charge in [-0.15, -0.1) is 0 Å². The molecular weight excluding hydrogens is 524 g/mol. The van der Waals surface area contributed by atoms with Gasteiger partial charge in [0, 0.05) is 36.5 Å². The predicted octanol–water partition coefficient (Wildman–Crippen LogP) is 7.70. The van der Waals surface area contributed by atoms with Crippen molar-refractivity contribution >= 4 is 0 Å². The molecule has 2 aliphatic carbocycles. The summed E-state index contributed by atoms with van der Waals surface area (Å²) in [5.41, 5.74) is 4.86. The highest BCUT2D eigenvalue weighted by Crippen LogP contribution is 2.37. The number of nitrogens with zero attached hydrogens (tertiary/aromatic N) is 3. The van der Waals surface area contributed by atoms with Crippen molar-refractivity contribution in [1.82, 2.24) is 20.0 Å². The van der Waals surface area contributed by atoms with Crippen LogP contribution >= 0.6 is 0 Å². The molecule has 1 unspecified atom stereocenters. The third kappa shape index (κ3) is 7.57. The third-order valence-electron chi connectivity index (χ3n) is 8.90. The molecule has 3 heterocycles. The molecule has 2 aromatic heterocycles. The minimum atomic E-state index is 0.123. The summed E-state index contributed by atoms with van der Waals surface area (Å²) in [6.45, 7) is 2.25. The second kappa shape index (κ2) is 14.8. The van der Waals surface area contributed by atoms with E-state index in [1.165, 1.54) is 61.0 Å². The zero-order valence-corrected chi connectivity index (χ0v) is 24.5. The van der Waals surface area contributed by atoms with Gasteiger partial charge < -0.3 is 14.2 Å². The molecule has 3 fully saturated rings. The molecule has 1 N–H and O–H groups in total. The molecule has 0 amide bonds. The average molecular weight is 569 g/mol. The zero-order valence-electron chi connectivity index (χ0n) is 24.5. The fourth-order valence-corrected chi connectivity index (χ4v) is 6.62. The van der Waals surface area contributed by atoms with Gasteiger partial charge in [-0.3, -0.25) is 5.10 Å². The number of hydrogen-bond donors (Lipinski definition) is 1. The molecule has 7 rings (SSSR count). The Kier molecular flexibility index (Phi) is 10.1. The van der Waals surface area contributed by atoms with Crippen LogP contribution in [0.25, 0.3) is 0 Å². The van der Waals surface area contributed by atoms with Crippen LogP contribution in [0.4, 0.5) is 0 Å². The van der Waals surface area contributed by atoms with Gasteiger partial charge in [-0.05, 0) is 68.2 Å². The van der Waals surface area contributed by atoms with Crippen LogP contribution in [0.3, 0.4) is 0 Å². The Morgan fingerprint density at radius 2 is 1.38 bits per heavy atom. The van der Waals surface area contributed by atoms with Crippen LogP contribution in [0.5, 0.6) is 0 Å². The largest absolute Gasteiger partial charge is 0.373 e. The molecule has 7 nitrogen and oxygen atoms in total. The second-order valence-corrected chi connectivity index (χ2v) is 11.8. The Labute approximate surface area is 249 Å². The van der Waals surface area contributed by atoms with E-state index < -0.39 is 0 Å². The van der Waals surface area contributed by atoms with Gasteiger partial charge in [-0.2, -0.15) is 10.2 Å². The number of nitrogens with one attached hydrogen (secondary N) is 1. The fraction of sp³-hybridized carbons (Fsp3) is 0.486. The lowest BCUT2D eigenvalue weighted by Gasteiger charge is -2.23. The summed E-state index contributed by atoms with van der Waals surface area (Å²) in [6, 6.07) is 25.0. The van der Waals surface area contributed by atoms with E-state index in [9.17, 15) is 0 Å². The molecule has 42 heavy (non-hydrogen) atoms. The monoisotopic (exact) mass is 568 g/mol. The van der Waals surface area contributed by atoms with Crippen molar-refractivity contribution in [2.24, 2.45) is 0 Å². The van der Waals surface area contributed by atoms with Crippen molar-refractivity contribution < 1.29 is 14.2 Å². The smallest absolute Gasteiger partial charge is 0.150 e. The molecule has 2 saturated carbocycles. The van der Waals surface area contributed by atoms with E-state index in [-0.39, 0.29) is 12.3 Å². The molecule has 1 saturated heterocycles. The summed E-state index contributed by atoms with van der Waals surface area (Å²) < 4.78 is 20.2. The summed E-state index contributed by atoms with van der Waals surface area (Å²) in [6.07, 6.45) is 15.2. The van der Waals surface area contributed by atoms with Gasteiger partial charge in [0.1, 0.15) is 6.23 Å². The molecule has 5 atom stereocenters. The van der Waals surface area contributed by atoms with Crippen molar-refractivity contribution in [1.29, 1.82) is 0 Å². The van der Waals surface area contributed by atoms with E-state index in [0.717, 1.165) is 25.9 Å². The lowest BCUT2D eigenvalue weighted by molar-refractivity contribution is -0.0400. The first-order valence-corrected chi connectivity index (χ1v) is 15.8. The van der Waals surface area contributed by atoms with E-state index >= 15 is 0 Å². The molecule has 0 spiro atoms. The summed E-state index contributed by atoms with van der Waals surface area (Å²) in [4.78, 5) is 0. The Hall–Kier alpha value is -3.26. The van der Waals surface area contributed by atoms with Crippen molar-refractivity contribution in [2.75, 3.05) is 6.61 Å². The van der Waals surface area contributed by atoms with Crippen molar-refractivity contribution in [3.05, 3.63) is 108 Å². The highest BCUT2D eigenvalue weighted by Gasteiger charge is 2.32. The number of benzene rings is 2. The van der Waals surface area contributed by atoms with Crippen LogP contribution < -0.4 is 0 Å². The predicted molar refractivity (Wildman–Crippen MR) is 163 cm³/mol. The van der Waals surface area contributed by atoms with Crippen LogP contribution in [0, 0.1) is 0 Å². The molecule has 3 aliphatic rings. The van der Waals surface area contributed by atoms with Gasteiger partial charge in [0.2, 0.25) is 0 Å². The Bertz CT molecular complexity index is 1300. The van der Waals surface area contributed by atoms with Gasteiger partial charge >= 0.3 is 0 Å². The van der Waals surface area contributed by atoms with E-state index in [2.05, 4.69) is 77.1 Å². The lowest BCUT2D eigenvalue weighted by atomic mass is 10.0. The highest BCUT2D eigenvalue weighted by molar-refractivity contribution is 5.16. The molecule has 222 valence electrons. The SMILES string of the molecule is c1ccc(CO[C@@H]2CCC[C@H]2c2ccn(C3CCCCO3)n2)cc1.c1ccc(CO[C@@H]2CCC[C@H]2c2ccn[nH]2)cc1. The highest BCUT2D eigenvalue weighted by atomic mass is 16.5. The Balaban J connectivity index is 0.000000157. The van der Waals surface area contributed by atoms with Gasteiger partial charge in [0.25, 0.3) is 0 Å². The topological polar surface area (TPSA) is 74.2 Å². The standard InChI is InChI=1S/C20H26N2O2.C15H18N2O/c1-2-7-16(8-3-1)15-24-19-10-6-9-17(19)18-12-13-22(21-18)20-11-4-5-14-23-20;1-2-5-12(6-3-1)11-18-15-8-4-7-13(15)14-9-10-16-17-14/h1-3,7-8,12-13,17,19-20H,4-6,9-11,14-15H2;1-3,5-6,9-10,13,15H,4,7-8,11H2,(H,16,17)/t17-,19+,20?;13-,15+/m00/s1. The first kappa shape index (κ1) is 28.8. The average Bonchev–Trinajstić information content (AvgIpc) is 3.88. The Morgan fingerprint density at radius 1 is 0.714 bits per heavy atom. The van der Waals surface area contributed by atoms with Crippen molar-refractivity contribution in [2.45, 2.75) is 101 Å². The summed E-state index contributed by atoms with van der Waals surface area (Å²) in [7, 11) is 0. The van der Waals surface area contributed by atoms with Crippen LogP contribution in [0.2, 0.25) is 0 Å². The van der Waals surface area contributed by atoms with Crippen LogP contribution in [0.1, 0.15) is 98.4 Å². The van der Waals surface area contributed by atoms with Gasteiger partial charge in [0.15, 0.2) is 0 Å². The third-order valence-corrected chi connectivity index (χ3v) is 8.90.